The summed E-state index contributed by atoms with van der Waals surface area (Å²) in [6, 6.07) is 5.61. The predicted octanol–water partition coefficient (Wildman–Crippen LogP) is 1.12. The van der Waals surface area contributed by atoms with Crippen LogP contribution in [0.2, 0.25) is 0 Å². The second-order valence-electron chi connectivity index (χ2n) is 4.65. The summed E-state index contributed by atoms with van der Waals surface area (Å²) >= 11 is 0. The van der Waals surface area contributed by atoms with Crippen LogP contribution in [-0.4, -0.2) is 29.5 Å². The maximum absolute atomic E-state index is 12.2. The van der Waals surface area contributed by atoms with E-state index in [0.29, 0.717) is 18.2 Å². The second kappa shape index (κ2) is 6.63. The monoisotopic (exact) mass is 300 g/mol. The molecular formula is C15H16N4O3. The summed E-state index contributed by atoms with van der Waals surface area (Å²) in [5.74, 6) is 0.122. The quantitative estimate of drug-likeness (QED) is 0.808. The summed E-state index contributed by atoms with van der Waals surface area (Å²) in [5, 5.41) is 14.6. The van der Waals surface area contributed by atoms with Crippen LogP contribution >= 0.6 is 0 Å². The van der Waals surface area contributed by atoms with Crippen LogP contribution in [0.4, 0.5) is 0 Å². The zero-order chi connectivity index (χ0) is 16.1. The molecule has 2 amide bonds. The fraction of sp³-hybridized carbons (Fsp3) is 0.267. The first-order valence-electron chi connectivity index (χ1n) is 6.74. The Balaban J connectivity index is 2.19. The van der Waals surface area contributed by atoms with Crippen LogP contribution in [-0.2, 0) is 4.79 Å². The molecule has 2 heterocycles. The van der Waals surface area contributed by atoms with Gasteiger partial charge in [0.15, 0.2) is 0 Å². The van der Waals surface area contributed by atoms with Gasteiger partial charge in [0, 0.05) is 32.4 Å². The molecule has 0 atom stereocenters. The van der Waals surface area contributed by atoms with Gasteiger partial charge in [-0.2, -0.15) is 5.26 Å². The van der Waals surface area contributed by atoms with Gasteiger partial charge in [-0.05, 0) is 19.1 Å². The number of nitrogens with zero attached hydrogens (tertiary/aromatic N) is 2. The van der Waals surface area contributed by atoms with Crippen LogP contribution in [0.5, 0.6) is 0 Å². The second-order valence-corrected chi connectivity index (χ2v) is 4.65. The summed E-state index contributed by atoms with van der Waals surface area (Å²) in [4.78, 5) is 23.0. The lowest BCUT2D eigenvalue weighted by atomic mass is 10.1. The van der Waals surface area contributed by atoms with Crippen molar-refractivity contribution in [1.82, 2.24) is 15.2 Å². The molecule has 22 heavy (non-hydrogen) atoms. The van der Waals surface area contributed by atoms with Crippen molar-refractivity contribution in [3.63, 3.8) is 0 Å². The number of carbonyl (C=O) groups excluding carboxylic acids is 2. The molecule has 7 heteroatoms. The highest BCUT2D eigenvalue weighted by molar-refractivity contribution is 5.98. The van der Waals surface area contributed by atoms with Gasteiger partial charge in [0.2, 0.25) is 11.8 Å². The molecule has 2 aromatic rings. The molecule has 0 spiro atoms. The van der Waals surface area contributed by atoms with Gasteiger partial charge in [0.1, 0.15) is 23.0 Å². The Hall–Kier alpha value is -3.01. The van der Waals surface area contributed by atoms with Crippen molar-refractivity contribution in [3.8, 4) is 12.0 Å². The van der Waals surface area contributed by atoms with Gasteiger partial charge in [-0.25, -0.2) is 0 Å². The first kappa shape index (κ1) is 15.4. The minimum absolute atomic E-state index is 0.165. The topological polar surface area (TPSA) is 100 Å². The molecule has 0 radical (unpaired) electrons. The lowest BCUT2D eigenvalue weighted by molar-refractivity contribution is -0.118. The molecule has 0 saturated heterocycles. The van der Waals surface area contributed by atoms with Crippen molar-refractivity contribution in [2.45, 2.75) is 13.8 Å². The predicted molar refractivity (Wildman–Crippen MR) is 78.5 cm³/mol. The number of aryl methyl sites for hydroxylation is 1. The van der Waals surface area contributed by atoms with Gasteiger partial charge < -0.3 is 15.1 Å². The molecule has 0 aliphatic rings. The highest BCUT2D eigenvalue weighted by Crippen LogP contribution is 2.25. The van der Waals surface area contributed by atoms with E-state index in [1.165, 1.54) is 6.92 Å². The summed E-state index contributed by atoms with van der Waals surface area (Å²) in [6.07, 6.45) is 3.47. The fourth-order valence-corrected chi connectivity index (χ4v) is 2.06. The van der Waals surface area contributed by atoms with Gasteiger partial charge >= 0.3 is 0 Å². The summed E-state index contributed by atoms with van der Waals surface area (Å²) in [6.45, 7) is 3.63. The maximum Gasteiger partial charge on any atom is 0.256 e. The van der Waals surface area contributed by atoms with E-state index in [-0.39, 0.29) is 23.6 Å². The van der Waals surface area contributed by atoms with E-state index in [2.05, 4.69) is 10.6 Å². The molecule has 0 aromatic carbocycles. The van der Waals surface area contributed by atoms with E-state index < -0.39 is 5.91 Å². The van der Waals surface area contributed by atoms with Gasteiger partial charge in [-0.1, -0.05) is 0 Å². The van der Waals surface area contributed by atoms with Crippen LogP contribution in [0.25, 0.3) is 5.88 Å². The number of aromatic nitrogens is 1. The number of nitrogens with one attached hydrogen (secondary N) is 2. The first-order chi connectivity index (χ1) is 10.5. The average Bonchev–Trinajstić information content (AvgIpc) is 3.09. The van der Waals surface area contributed by atoms with Crippen molar-refractivity contribution in [1.29, 1.82) is 5.26 Å². The summed E-state index contributed by atoms with van der Waals surface area (Å²) in [7, 11) is 0. The number of amides is 2. The van der Waals surface area contributed by atoms with Crippen molar-refractivity contribution < 1.29 is 14.0 Å². The van der Waals surface area contributed by atoms with Gasteiger partial charge in [-0.3, -0.25) is 14.2 Å². The molecule has 0 unspecified atom stereocenters. The number of hydrogen-bond donors (Lipinski definition) is 2. The van der Waals surface area contributed by atoms with E-state index in [1.807, 2.05) is 6.07 Å². The molecule has 114 valence electrons. The molecule has 0 saturated carbocycles. The van der Waals surface area contributed by atoms with Crippen molar-refractivity contribution in [3.05, 3.63) is 41.4 Å². The zero-order valence-electron chi connectivity index (χ0n) is 12.3. The summed E-state index contributed by atoms with van der Waals surface area (Å²) in [5.41, 5.74) is 0.403. The van der Waals surface area contributed by atoms with Crippen LogP contribution in [0, 0.1) is 18.3 Å². The Morgan fingerprint density at radius 1 is 1.27 bits per heavy atom. The van der Waals surface area contributed by atoms with Crippen molar-refractivity contribution in [2.75, 3.05) is 13.1 Å². The summed E-state index contributed by atoms with van der Waals surface area (Å²) < 4.78 is 7.20. The largest absolute Gasteiger partial charge is 0.443 e. The van der Waals surface area contributed by atoms with E-state index in [9.17, 15) is 14.9 Å². The molecular weight excluding hydrogens is 284 g/mol. The van der Waals surface area contributed by atoms with Crippen LogP contribution in [0.15, 0.2) is 28.9 Å². The maximum atomic E-state index is 12.2. The van der Waals surface area contributed by atoms with Crippen LogP contribution in [0.3, 0.4) is 0 Å². The third kappa shape index (κ3) is 3.17. The van der Waals surface area contributed by atoms with E-state index in [0.717, 1.165) is 0 Å². The number of nitriles is 1. The van der Waals surface area contributed by atoms with E-state index in [1.54, 1.807) is 36.0 Å². The third-order valence-electron chi connectivity index (χ3n) is 3.03. The smallest absolute Gasteiger partial charge is 0.256 e. The normalized spacial score (nSPS) is 10.0. The number of rotatable bonds is 5. The minimum atomic E-state index is -0.401. The number of furan rings is 1. The van der Waals surface area contributed by atoms with Gasteiger partial charge in [-0.15, -0.1) is 0 Å². The SMILES string of the molecule is CC(=O)NCCNC(=O)c1c(C)oc(-n2cccc2)c1C#N. The van der Waals surface area contributed by atoms with Gasteiger partial charge in [0.05, 0.1) is 0 Å². The Bertz CT molecular complexity index is 723. The minimum Gasteiger partial charge on any atom is -0.443 e. The van der Waals surface area contributed by atoms with E-state index in [4.69, 9.17) is 4.42 Å². The zero-order valence-corrected chi connectivity index (χ0v) is 12.3. The lowest BCUT2D eigenvalue weighted by Gasteiger charge is -2.05. The molecule has 0 fully saturated rings. The van der Waals surface area contributed by atoms with Crippen molar-refractivity contribution >= 4 is 11.8 Å². The van der Waals surface area contributed by atoms with Crippen LogP contribution in [0.1, 0.15) is 28.6 Å². The third-order valence-corrected chi connectivity index (χ3v) is 3.03. The van der Waals surface area contributed by atoms with Gasteiger partial charge in [0.25, 0.3) is 5.91 Å². The molecule has 2 rings (SSSR count). The van der Waals surface area contributed by atoms with Crippen LogP contribution < -0.4 is 10.6 Å². The molecule has 0 aliphatic carbocycles. The first-order valence-corrected chi connectivity index (χ1v) is 6.74. The Morgan fingerprint density at radius 2 is 1.91 bits per heavy atom. The fourth-order valence-electron chi connectivity index (χ4n) is 2.06. The number of carbonyl (C=O) groups is 2. The average molecular weight is 300 g/mol. The number of hydrogen-bond acceptors (Lipinski definition) is 4. The molecule has 0 bridgehead atoms. The van der Waals surface area contributed by atoms with Crippen molar-refractivity contribution in [2.24, 2.45) is 0 Å². The highest BCUT2D eigenvalue weighted by Gasteiger charge is 2.24. The molecule has 7 nitrogen and oxygen atoms in total. The molecule has 0 aliphatic heterocycles. The Kier molecular flexibility index (Phi) is 4.63. The standard InChI is InChI=1S/C15H16N4O3/c1-10-13(14(21)18-6-5-17-11(2)20)12(9-16)15(22-10)19-7-3-4-8-19/h3-4,7-8H,5-6H2,1-2H3,(H,17,20)(H,18,21). The lowest BCUT2D eigenvalue weighted by Crippen LogP contribution is -2.34. The highest BCUT2D eigenvalue weighted by atomic mass is 16.4. The van der Waals surface area contributed by atoms with E-state index >= 15 is 0 Å². The Labute approximate surface area is 127 Å². The molecule has 2 aromatic heterocycles. The Morgan fingerprint density at radius 3 is 2.50 bits per heavy atom. The molecule has 2 N–H and O–H groups in total.